The largest absolute Gasteiger partial charge is 0.508 e. The molecule has 2 N–H and O–H groups in total. The van der Waals surface area contributed by atoms with E-state index in [-0.39, 0.29) is 11.3 Å². The zero-order valence-corrected chi connectivity index (χ0v) is 12.7. The molecule has 0 heterocycles. The van der Waals surface area contributed by atoms with Gasteiger partial charge in [0.05, 0.1) is 0 Å². The molecule has 0 aliphatic heterocycles. The van der Waals surface area contributed by atoms with Crippen LogP contribution in [0, 0.1) is 11.3 Å². The number of nitriles is 1. The summed E-state index contributed by atoms with van der Waals surface area (Å²) in [7, 11) is 0. The monoisotopic (exact) mass is 314 g/mol. The van der Waals surface area contributed by atoms with Gasteiger partial charge in [0.2, 0.25) is 0 Å². The highest BCUT2D eigenvalue weighted by atomic mass is 16.3. The van der Waals surface area contributed by atoms with Crippen molar-refractivity contribution in [3.8, 4) is 11.8 Å². The van der Waals surface area contributed by atoms with Crippen molar-refractivity contribution in [2.45, 2.75) is 0 Å². The average Bonchev–Trinajstić information content (AvgIpc) is 2.61. The summed E-state index contributed by atoms with van der Waals surface area (Å²) in [5, 5.41) is 23.3. The molecule has 0 spiro atoms. The first kappa shape index (κ1) is 15.3. The van der Waals surface area contributed by atoms with Gasteiger partial charge in [0.1, 0.15) is 17.4 Å². The summed E-state index contributed by atoms with van der Waals surface area (Å²) in [4.78, 5) is 12.3. The van der Waals surface area contributed by atoms with Crippen LogP contribution in [-0.2, 0) is 4.79 Å². The Hall–Kier alpha value is -3.58. The minimum Gasteiger partial charge on any atom is -0.508 e. The van der Waals surface area contributed by atoms with E-state index >= 15 is 0 Å². The molecule has 0 aliphatic rings. The van der Waals surface area contributed by atoms with Crippen molar-refractivity contribution >= 4 is 28.4 Å². The Morgan fingerprint density at radius 1 is 1.00 bits per heavy atom. The molecule has 0 aromatic heterocycles. The topological polar surface area (TPSA) is 73.1 Å². The third-order valence-corrected chi connectivity index (χ3v) is 3.61. The molecule has 4 nitrogen and oxygen atoms in total. The molecule has 24 heavy (non-hydrogen) atoms. The minimum absolute atomic E-state index is 0.0134. The van der Waals surface area contributed by atoms with Crippen molar-refractivity contribution < 1.29 is 9.90 Å². The highest BCUT2D eigenvalue weighted by Gasteiger charge is 2.10. The number of hydrogen-bond donors (Lipinski definition) is 2. The number of nitrogens with one attached hydrogen (secondary N) is 1. The zero-order chi connectivity index (χ0) is 16.9. The van der Waals surface area contributed by atoms with Crippen LogP contribution in [-0.4, -0.2) is 11.0 Å². The third-order valence-electron chi connectivity index (χ3n) is 3.61. The number of rotatable bonds is 3. The summed E-state index contributed by atoms with van der Waals surface area (Å²) in [5.41, 5.74) is 1.34. The average molecular weight is 314 g/mol. The molecule has 0 bridgehead atoms. The number of fused-ring (bicyclic) bond motifs is 1. The van der Waals surface area contributed by atoms with E-state index < -0.39 is 5.91 Å². The van der Waals surface area contributed by atoms with E-state index in [1.807, 2.05) is 48.5 Å². The maximum atomic E-state index is 12.3. The minimum atomic E-state index is -0.490. The highest BCUT2D eigenvalue weighted by molar-refractivity contribution is 6.10. The predicted octanol–water partition coefficient (Wildman–Crippen LogP) is 4.09. The first-order chi connectivity index (χ1) is 11.7. The Morgan fingerprint density at radius 3 is 2.46 bits per heavy atom. The molecule has 0 radical (unpaired) electrons. The van der Waals surface area contributed by atoms with Crippen LogP contribution in [0.5, 0.6) is 5.75 Å². The fourth-order valence-corrected chi connectivity index (χ4v) is 2.42. The number of phenolic OH excluding ortho intramolecular Hbond substituents is 1. The SMILES string of the molecule is N#CC(=Cc1cccc2ccccc12)C(=O)Nc1ccc(O)cc1. The molecule has 0 atom stereocenters. The molecule has 3 aromatic rings. The number of nitrogens with zero attached hydrogens (tertiary/aromatic N) is 1. The molecule has 3 rings (SSSR count). The Bertz CT molecular complexity index is 962. The molecule has 1 amide bonds. The van der Waals surface area contributed by atoms with Gasteiger partial charge in [-0.3, -0.25) is 4.79 Å². The van der Waals surface area contributed by atoms with Crippen molar-refractivity contribution in [2.75, 3.05) is 5.32 Å². The summed E-state index contributed by atoms with van der Waals surface area (Å²) < 4.78 is 0. The molecule has 4 heteroatoms. The van der Waals surface area contributed by atoms with Crippen molar-refractivity contribution in [1.29, 1.82) is 5.26 Å². The van der Waals surface area contributed by atoms with Gasteiger partial charge in [-0.2, -0.15) is 5.26 Å². The number of aromatic hydroxyl groups is 1. The van der Waals surface area contributed by atoms with Gasteiger partial charge in [0.15, 0.2) is 0 Å². The molecule has 0 aliphatic carbocycles. The van der Waals surface area contributed by atoms with Gasteiger partial charge in [-0.25, -0.2) is 0 Å². The summed E-state index contributed by atoms with van der Waals surface area (Å²) in [6.07, 6.45) is 1.58. The van der Waals surface area contributed by atoms with Crippen molar-refractivity contribution in [3.05, 3.63) is 77.9 Å². The second kappa shape index (κ2) is 6.67. The Morgan fingerprint density at radius 2 is 1.71 bits per heavy atom. The molecule has 3 aromatic carbocycles. The molecular weight excluding hydrogens is 300 g/mol. The van der Waals surface area contributed by atoms with E-state index in [1.54, 1.807) is 18.2 Å². The molecular formula is C20H14N2O2. The van der Waals surface area contributed by atoms with E-state index in [9.17, 15) is 15.2 Å². The van der Waals surface area contributed by atoms with Gasteiger partial charge in [-0.15, -0.1) is 0 Å². The second-order valence-electron chi connectivity index (χ2n) is 5.24. The number of amides is 1. The predicted molar refractivity (Wildman–Crippen MR) is 94.3 cm³/mol. The van der Waals surface area contributed by atoms with E-state index in [0.29, 0.717) is 5.69 Å². The van der Waals surface area contributed by atoms with Crippen molar-refractivity contribution in [2.24, 2.45) is 0 Å². The molecule has 116 valence electrons. The smallest absolute Gasteiger partial charge is 0.266 e. The van der Waals surface area contributed by atoms with Gasteiger partial charge in [0.25, 0.3) is 5.91 Å². The lowest BCUT2D eigenvalue weighted by Crippen LogP contribution is -2.13. The van der Waals surface area contributed by atoms with Crippen LogP contribution in [0.15, 0.2) is 72.3 Å². The number of carbonyl (C=O) groups is 1. The summed E-state index contributed by atoms with van der Waals surface area (Å²) in [6, 6.07) is 21.6. The summed E-state index contributed by atoms with van der Waals surface area (Å²) >= 11 is 0. The summed E-state index contributed by atoms with van der Waals surface area (Å²) in [5.74, 6) is -0.379. The van der Waals surface area contributed by atoms with Gasteiger partial charge in [0, 0.05) is 5.69 Å². The number of carbonyl (C=O) groups excluding carboxylic acids is 1. The number of benzene rings is 3. The van der Waals surface area contributed by atoms with Crippen LogP contribution < -0.4 is 5.32 Å². The Balaban J connectivity index is 1.92. The molecule has 0 fully saturated rings. The van der Waals surface area contributed by atoms with Crippen LogP contribution in [0.1, 0.15) is 5.56 Å². The van der Waals surface area contributed by atoms with Gasteiger partial charge < -0.3 is 10.4 Å². The van der Waals surface area contributed by atoms with Gasteiger partial charge in [-0.1, -0.05) is 42.5 Å². The molecule has 0 unspecified atom stereocenters. The van der Waals surface area contributed by atoms with Gasteiger partial charge >= 0.3 is 0 Å². The van der Waals surface area contributed by atoms with Crippen LogP contribution in [0.4, 0.5) is 5.69 Å². The van der Waals surface area contributed by atoms with E-state index in [2.05, 4.69) is 5.32 Å². The number of hydrogen-bond acceptors (Lipinski definition) is 3. The molecule has 0 saturated carbocycles. The lowest BCUT2D eigenvalue weighted by Gasteiger charge is -2.06. The number of anilines is 1. The van der Waals surface area contributed by atoms with Crippen molar-refractivity contribution in [1.82, 2.24) is 0 Å². The third kappa shape index (κ3) is 3.26. The van der Waals surface area contributed by atoms with Crippen LogP contribution >= 0.6 is 0 Å². The van der Waals surface area contributed by atoms with Gasteiger partial charge in [-0.05, 0) is 46.7 Å². The molecule has 0 saturated heterocycles. The van der Waals surface area contributed by atoms with Crippen LogP contribution in [0.2, 0.25) is 0 Å². The maximum absolute atomic E-state index is 12.3. The lowest BCUT2D eigenvalue weighted by atomic mass is 10.0. The second-order valence-corrected chi connectivity index (χ2v) is 5.24. The maximum Gasteiger partial charge on any atom is 0.266 e. The first-order valence-electron chi connectivity index (χ1n) is 7.37. The fourth-order valence-electron chi connectivity index (χ4n) is 2.42. The highest BCUT2D eigenvalue weighted by Crippen LogP contribution is 2.21. The first-order valence-corrected chi connectivity index (χ1v) is 7.37. The van der Waals surface area contributed by atoms with E-state index in [0.717, 1.165) is 16.3 Å². The lowest BCUT2D eigenvalue weighted by molar-refractivity contribution is -0.112. The summed E-state index contributed by atoms with van der Waals surface area (Å²) in [6.45, 7) is 0. The fraction of sp³-hybridized carbons (Fsp3) is 0. The Kier molecular flexibility index (Phi) is 4.26. The zero-order valence-electron chi connectivity index (χ0n) is 12.7. The normalized spacial score (nSPS) is 11.0. The quantitative estimate of drug-likeness (QED) is 0.434. The standard InChI is InChI=1S/C20H14N2O2/c21-13-16(20(24)22-17-8-10-18(23)11-9-17)12-15-6-3-5-14-4-1-2-7-19(14)15/h1-12,23H,(H,22,24). The van der Waals surface area contributed by atoms with E-state index in [4.69, 9.17) is 0 Å². The van der Waals surface area contributed by atoms with E-state index in [1.165, 1.54) is 12.1 Å². The van der Waals surface area contributed by atoms with Crippen molar-refractivity contribution in [3.63, 3.8) is 0 Å². The van der Waals surface area contributed by atoms with Crippen LogP contribution in [0.3, 0.4) is 0 Å². The Labute approximate surface area is 139 Å². The number of phenols is 1. The van der Waals surface area contributed by atoms with Crippen LogP contribution in [0.25, 0.3) is 16.8 Å².